The van der Waals surface area contributed by atoms with Gasteiger partial charge in [0, 0.05) is 22.6 Å². The number of para-hydroxylation sites is 1. The third-order valence-corrected chi connectivity index (χ3v) is 2.24. The molecule has 66 valence electrons. The Morgan fingerprint density at radius 2 is 2.23 bits per heavy atom. The van der Waals surface area contributed by atoms with Crippen LogP contribution in [0.3, 0.4) is 0 Å². The number of hydrogen-bond acceptors (Lipinski definition) is 3. The minimum Gasteiger partial charge on any atom is -0.407 e. The van der Waals surface area contributed by atoms with E-state index in [2.05, 4.69) is 4.98 Å². The van der Waals surface area contributed by atoms with Crippen molar-refractivity contribution in [2.24, 2.45) is 0 Å². The van der Waals surface area contributed by atoms with Crippen molar-refractivity contribution in [2.75, 3.05) is 0 Å². The highest BCUT2D eigenvalue weighted by molar-refractivity contribution is 14.1. The summed E-state index contributed by atoms with van der Waals surface area (Å²) in [7, 11) is 0. The molecule has 2 rings (SSSR count). The van der Waals surface area contributed by atoms with E-state index in [0.717, 1.165) is 0 Å². The molecule has 5 heteroatoms. The van der Waals surface area contributed by atoms with Gasteiger partial charge in [-0.2, -0.15) is 0 Å². The van der Waals surface area contributed by atoms with Crippen LogP contribution in [0.4, 0.5) is 0 Å². The summed E-state index contributed by atoms with van der Waals surface area (Å²) in [6.07, 6.45) is 0. The first kappa shape index (κ1) is 8.49. The molecule has 0 aliphatic heterocycles. The van der Waals surface area contributed by atoms with Crippen molar-refractivity contribution in [2.45, 2.75) is 0 Å². The first-order valence-electron chi connectivity index (χ1n) is 3.50. The van der Waals surface area contributed by atoms with Crippen molar-refractivity contribution in [3.8, 4) is 0 Å². The van der Waals surface area contributed by atoms with Gasteiger partial charge in [-0.25, -0.2) is 4.79 Å². The Morgan fingerprint density at radius 1 is 1.46 bits per heavy atom. The van der Waals surface area contributed by atoms with E-state index < -0.39 is 5.76 Å². The minimum atomic E-state index is -0.542. The second kappa shape index (κ2) is 2.99. The van der Waals surface area contributed by atoms with Crippen molar-refractivity contribution in [1.29, 1.82) is 0 Å². The highest BCUT2D eigenvalue weighted by Gasteiger charge is 2.10. The maximum Gasteiger partial charge on any atom is 0.417 e. The molecule has 0 amide bonds. The number of aromatic nitrogens is 1. The zero-order valence-corrected chi connectivity index (χ0v) is 8.49. The molecular formula is C8H4INO3. The summed E-state index contributed by atoms with van der Waals surface area (Å²) in [6.45, 7) is 0. The second-order valence-electron chi connectivity index (χ2n) is 2.47. The van der Waals surface area contributed by atoms with Gasteiger partial charge >= 0.3 is 5.76 Å². The summed E-state index contributed by atoms with van der Waals surface area (Å²) in [5.41, 5.74) is 1.29. The molecule has 2 aromatic rings. The second-order valence-corrected chi connectivity index (χ2v) is 3.45. The van der Waals surface area contributed by atoms with Crippen LogP contribution in [0, 0.1) is 0 Å². The average Bonchev–Trinajstić information content (AvgIpc) is 2.43. The quantitative estimate of drug-likeness (QED) is 0.642. The summed E-state index contributed by atoms with van der Waals surface area (Å²) in [4.78, 5) is 24.4. The number of H-pyrrole nitrogens is 1. The molecule has 1 aromatic carbocycles. The van der Waals surface area contributed by atoms with E-state index in [0.29, 0.717) is 16.7 Å². The summed E-state index contributed by atoms with van der Waals surface area (Å²) in [5.74, 6) is -0.542. The fraction of sp³-hybridized carbons (Fsp3) is 0. The number of fused-ring (bicyclic) bond motifs is 1. The number of halogens is 1. The topological polar surface area (TPSA) is 63.1 Å². The van der Waals surface area contributed by atoms with Gasteiger partial charge in [0.25, 0.3) is 0 Å². The highest BCUT2D eigenvalue weighted by Crippen LogP contribution is 2.17. The van der Waals surface area contributed by atoms with Crippen molar-refractivity contribution < 1.29 is 9.21 Å². The van der Waals surface area contributed by atoms with Crippen LogP contribution in [0.5, 0.6) is 0 Å². The maximum atomic E-state index is 11.1. The summed E-state index contributed by atoms with van der Waals surface area (Å²) in [6, 6.07) is 5.00. The van der Waals surface area contributed by atoms with Gasteiger partial charge in [-0.15, -0.1) is 0 Å². The lowest BCUT2D eigenvalue weighted by Gasteiger charge is -1.92. The van der Waals surface area contributed by atoms with Crippen molar-refractivity contribution >= 4 is 37.5 Å². The lowest BCUT2D eigenvalue weighted by molar-refractivity contribution is 0.110. The molecule has 0 spiro atoms. The van der Waals surface area contributed by atoms with E-state index in [9.17, 15) is 9.59 Å². The Hall–Kier alpha value is -1.11. The van der Waals surface area contributed by atoms with Crippen LogP contribution in [0.2, 0.25) is 0 Å². The molecule has 0 aliphatic rings. The number of oxazole rings is 1. The first-order chi connectivity index (χ1) is 6.18. The van der Waals surface area contributed by atoms with Crippen LogP contribution < -0.4 is 5.76 Å². The van der Waals surface area contributed by atoms with Crippen LogP contribution in [0.15, 0.2) is 27.4 Å². The summed E-state index contributed by atoms with van der Waals surface area (Å²) < 4.78 is 4.68. The number of carbonyl (C=O) groups excluding carboxylic acids is 1. The fourth-order valence-electron chi connectivity index (χ4n) is 1.13. The lowest BCUT2D eigenvalue weighted by Crippen LogP contribution is -1.92. The molecule has 0 atom stereocenters. The van der Waals surface area contributed by atoms with Gasteiger partial charge < -0.3 is 4.42 Å². The van der Waals surface area contributed by atoms with Gasteiger partial charge in [-0.05, 0) is 12.1 Å². The van der Waals surface area contributed by atoms with Gasteiger partial charge in [0.05, 0.1) is 11.1 Å². The maximum absolute atomic E-state index is 11.1. The van der Waals surface area contributed by atoms with Gasteiger partial charge in [0.2, 0.25) is 3.79 Å². The van der Waals surface area contributed by atoms with Gasteiger partial charge in [0.15, 0.2) is 5.58 Å². The van der Waals surface area contributed by atoms with Gasteiger partial charge in [-0.3, -0.25) is 9.78 Å². The number of nitrogens with one attached hydrogen (secondary N) is 1. The molecule has 1 N–H and O–H groups in total. The molecule has 0 fully saturated rings. The molecule has 1 aromatic heterocycles. The van der Waals surface area contributed by atoms with E-state index >= 15 is 0 Å². The predicted molar refractivity (Wildman–Crippen MR) is 55.2 cm³/mol. The van der Waals surface area contributed by atoms with E-state index in [1.165, 1.54) is 0 Å². The van der Waals surface area contributed by atoms with Crippen LogP contribution in [-0.4, -0.2) is 8.77 Å². The molecule has 4 nitrogen and oxygen atoms in total. The van der Waals surface area contributed by atoms with Crippen LogP contribution in [-0.2, 0) is 0 Å². The standard InChI is InChI=1S/C8H4INO3/c9-7(11)4-2-1-3-5-6(4)13-8(12)10-5/h1-3H,(H,10,12). The Kier molecular flexibility index (Phi) is 1.95. The Labute approximate surface area is 86.1 Å². The molecule has 1 heterocycles. The minimum absolute atomic E-state index is 0.147. The molecule has 0 bridgehead atoms. The molecule has 0 radical (unpaired) electrons. The van der Waals surface area contributed by atoms with E-state index in [1.807, 2.05) is 0 Å². The fourth-order valence-corrected chi connectivity index (χ4v) is 1.55. The summed E-state index contributed by atoms with van der Waals surface area (Å²) >= 11 is 1.65. The SMILES string of the molecule is O=C(I)c1cccc2[nH]c(=O)oc12. The third kappa shape index (κ3) is 1.39. The van der Waals surface area contributed by atoms with E-state index in [1.54, 1.807) is 40.8 Å². The Morgan fingerprint density at radius 3 is 2.92 bits per heavy atom. The van der Waals surface area contributed by atoms with Crippen LogP contribution in [0.1, 0.15) is 10.4 Å². The monoisotopic (exact) mass is 289 g/mol. The van der Waals surface area contributed by atoms with E-state index in [4.69, 9.17) is 4.42 Å². The largest absolute Gasteiger partial charge is 0.417 e. The molecule has 0 saturated heterocycles. The van der Waals surface area contributed by atoms with Gasteiger partial charge in [0.1, 0.15) is 0 Å². The van der Waals surface area contributed by atoms with Crippen molar-refractivity contribution in [3.05, 3.63) is 34.3 Å². The van der Waals surface area contributed by atoms with E-state index in [-0.39, 0.29) is 3.79 Å². The molecule has 13 heavy (non-hydrogen) atoms. The number of benzene rings is 1. The van der Waals surface area contributed by atoms with Crippen molar-refractivity contribution in [3.63, 3.8) is 0 Å². The smallest absolute Gasteiger partial charge is 0.407 e. The Bertz CT molecular complexity index is 525. The third-order valence-electron chi connectivity index (χ3n) is 1.66. The zero-order valence-electron chi connectivity index (χ0n) is 6.33. The highest BCUT2D eigenvalue weighted by atomic mass is 127. The number of hydrogen-bond donors (Lipinski definition) is 1. The normalized spacial score (nSPS) is 10.5. The zero-order chi connectivity index (χ0) is 9.42. The van der Waals surface area contributed by atoms with Crippen LogP contribution in [0.25, 0.3) is 11.1 Å². The lowest BCUT2D eigenvalue weighted by atomic mass is 10.2. The van der Waals surface area contributed by atoms with Crippen LogP contribution >= 0.6 is 22.6 Å². The first-order valence-corrected chi connectivity index (χ1v) is 4.58. The average molecular weight is 289 g/mol. The number of rotatable bonds is 1. The molecule has 0 aliphatic carbocycles. The number of carbonyl (C=O) groups is 1. The molecule has 0 saturated carbocycles. The molecular weight excluding hydrogens is 285 g/mol. The Balaban J connectivity index is 2.90. The summed E-state index contributed by atoms with van der Waals surface area (Å²) in [5, 5.41) is 0. The predicted octanol–water partition coefficient (Wildman–Crippen LogP) is 1.70. The van der Waals surface area contributed by atoms with Crippen molar-refractivity contribution in [1.82, 2.24) is 4.98 Å². The number of aromatic amines is 1. The van der Waals surface area contributed by atoms with Gasteiger partial charge in [-0.1, -0.05) is 6.07 Å². The molecule has 0 unspecified atom stereocenters.